The van der Waals surface area contributed by atoms with E-state index in [0.29, 0.717) is 12.0 Å². The Kier molecular flexibility index (Phi) is 3.33. The molecule has 1 aromatic rings. The molecule has 0 radical (unpaired) electrons. The summed E-state index contributed by atoms with van der Waals surface area (Å²) in [6.45, 7) is 0.903. The number of nitrogens with one attached hydrogen (secondary N) is 1. The lowest BCUT2D eigenvalue weighted by molar-refractivity contribution is -0.138. The largest absolute Gasteiger partial charge is 0.481 e. The SMILES string of the molecule is O=C(O)CC1CCNC(c2cncs2)C1. The normalized spacial score (nSPS) is 26.4. The van der Waals surface area contributed by atoms with Gasteiger partial charge in [-0.05, 0) is 25.3 Å². The summed E-state index contributed by atoms with van der Waals surface area (Å²) in [7, 11) is 0. The molecule has 0 saturated carbocycles. The summed E-state index contributed by atoms with van der Waals surface area (Å²) in [6, 6.07) is 0.301. The zero-order chi connectivity index (χ0) is 10.7. The van der Waals surface area contributed by atoms with Crippen molar-refractivity contribution in [1.82, 2.24) is 10.3 Å². The van der Waals surface area contributed by atoms with Gasteiger partial charge in [-0.15, -0.1) is 11.3 Å². The Morgan fingerprint density at radius 3 is 3.27 bits per heavy atom. The number of hydrogen-bond donors (Lipinski definition) is 2. The van der Waals surface area contributed by atoms with Gasteiger partial charge in [-0.2, -0.15) is 0 Å². The van der Waals surface area contributed by atoms with Crippen molar-refractivity contribution >= 4 is 17.3 Å². The highest BCUT2D eigenvalue weighted by Crippen LogP contribution is 2.30. The van der Waals surface area contributed by atoms with Crippen LogP contribution in [0.2, 0.25) is 0 Å². The highest BCUT2D eigenvalue weighted by Gasteiger charge is 2.25. The fourth-order valence-corrected chi connectivity index (χ4v) is 2.75. The van der Waals surface area contributed by atoms with Gasteiger partial charge in [0.2, 0.25) is 0 Å². The first-order valence-corrected chi connectivity index (χ1v) is 5.97. The molecule has 82 valence electrons. The number of nitrogens with zero attached hydrogens (tertiary/aromatic N) is 1. The summed E-state index contributed by atoms with van der Waals surface area (Å²) in [5, 5.41) is 12.2. The van der Waals surface area contributed by atoms with E-state index in [4.69, 9.17) is 5.11 Å². The van der Waals surface area contributed by atoms with Crippen LogP contribution in [0.1, 0.15) is 30.2 Å². The fourth-order valence-electron chi connectivity index (χ4n) is 2.04. The fraction of sp³-hybridized carbons (Fsp3) is 0.600. The van der Waals surface area contributed by atoms with Crippen LogP contribution in [-0.2, 0) is 4.79 Å². The van der Waals surface area contributed by atoms with Crippen LogP contribution in [0.25, 0.3) is 0 Å². The number of carbonyl (C=O) groups is 1. The van der Waals surface area contributed by atoms with Gasteiger partial charge in [0.05, 0.1) is 5.51 Å². The Morgan fingerprint density at radius 1 is 1.73 bits per heavy atom. The molecular weight excluding hydrogens is 212 g/mol. The molecule has 1 aliphatic heterocycles. The first-order chi connectivity index (χ1) is 7.25. The van der Waals surface area contributed by atoms with Crippen molar-refractivity contribution in [2.45, 2.75) is 25.3 Å². The first kappa shape index (κ1) is 10.6. The van der Waals surface area contributed by atoms with E-state index in [1.165, 1.54) is 4.88 Å². The smallest absolute Gasteiger partial charge is 0.303 e. The number of thiazole rings is 1. The van der Waals surface area contributed by atoms with Crippen LogP contribution in [0.3, 0.4) is 0 Å². The maximum absolute atomic E-state index is 10.6. The summed E-state index contributed by atoms with van der Waals surface area (Å²) in [6.07, 6.45) is 4.03. The summed E-state index contributed by atoms with van der Waals surface area (Å²) in [5.41, 5.74) is 1.82. The third-order valence-corrected chi connectivity index (χ3v) is 3.66. The second-order valence-corrected chi connectivity index (χ2v) is 4.82. The highest BCUT2D eigenvalue weighted by atomic mass is 32.1. The lowest BCUT2D eigenvalue weighted by Crippen LogP contribution is -2.32. The van der Waals surface area contributed by atoms with Gasteiger partial charge in [-0.1, -0.05) is 0 Å². The molecule has 2 N–H and O–H groups in total. The third kappa shape index (κ3) is 2.76. The van der Waals surface area contributed by atoms with Gasteiger partial charge in [0.15, 0.2) is 0 Å². The lowest BCUT2D eigenvalue weighted by atomic mass is 9.89. The second kappa shape index (κ2) is 4.72. The molecule has 15 heavy (non-hydrogen) atoms. The molecular formula is C10H14N2O2S. The van der Waals surface area contributed by atoms with E-state index < -0.39 is 5.97 Å². The minimum atomic E-state index is -0.690. The number of rotatable bonds is 3. The van der Waals surface area contributed by atoms with Crippen LogP contribution in [0.4, 0.5) is 0 Å². The number of aromatic nitrogens is 1. The molecule has 2 heterocycles. The standard InChI is InChI=1S/C10H14N2O2S/c13-10(14)4-7-1-2-12-8(3-7)9-5-11-6-15-9/h5-8,12H,1-4H2,(H,13,14). The molecule has 1 saturated heterocycles. The van der Waals surface area contributed by atoms with Crippen molar-refractivity contribution in [2.24, 2.45) is 5.92 Å². The van der Waals surface area contributed by atoms with Gasteiger partial charge >= 0.3 is 5.97 Å². The number of piperidine rings is 1. The van der Waals surface area contributed by atoms with E-state index in [2.05, 4.69) is 10.3 Å². The third-order valence-electron chi connectivity index (χ3n) is 2.77. The van der Waals surface area contributed by atoms with Gasteiger partial charge < -0.3 is 10.4 Å². The molecule has 5 heteroatoms. The lowest BCUT2D eigenvalue weighted by Gasteiger charge is -2.28. The molecule has 0 bridgehead atoms. The van der Waals surface area contributed by atoms with Crippen molar-refractivity contribution in [3.8, 4) is 0 Å². The molecule has 1 fully saturated rings. The van der Waals surface area contributed by atoms with Crippen molar-refractivity contribution < 1.29 is 9.90 Å². The van der Waals surface area contributed by atoms with E-state index in [0.717, 1.165) is 19.4 Å². The molecule has 4 nitrogen and oxygen atoms in total. The summed E-state index contributed by atoms with van der Waals surface area (Å²) in [4.78, 5) is 15.9. The van der Waals surface area contributed by atoms with Crippen molar-refractivity contribution in [3.05, 3.63) is 16.6 Å². The quantitative estimate of drug-likeness (QED) is 0.822. The van der Waals surface area contributed by atoms with Crippen LogP contribution in [0.15, 0.2) is 11.7 Å². The Labute approximate surface area is 92.3 Å². The van der Waals surface area contributed by atoms with E-state index in [9.17, 15) is 4.79 Å². The molecule has 2 atom stereocenters. The summed E-state index contributed by atoms with van der Waals surface area (Å²) >= 11 is 1.63. The Bertz CT molecular complexity index is 326. The van der Waals surface area contributed by atoms with Crippen molar-refractivity contribution in [1.29, 1.82) is 0 Å². The minimum absolute atomic E-state index is 0.289. The first-order valence-electron chi connectivity index (χ1n) is 5.09. The van der Waals surface area contributed by atoms with Crippen molar-refractivity contribution in [3.63, 3.8) is 0 Å². The second-order valence-electron chi connectivity index (χ2n) is 3.90. The minimum Gasteiger partial charge on any atom is -0.481 e. The van der Waals surface area contributed by atoms with Gasteiger partial charge in [-0.3, -0.25) is 9.78 Å². The number of hydrogen-bond acceptors (Lipinski definition) is 4. The molecule has 0 aromatic carbocycles. The maximum Gasteiger partial charge on any atom is 0.303 e. The average molecular weight is 226 g/mol. The van der Waals surface area contributed by atoms with E-state index in [1.54, 1.807) is 11.3 Å². The van der Waals surface area contributed by atoms with Crippen LogP contribution in [0, 0.1) is 5.92 Å². The summed E-state index contributed by atoms with van der Waals surface area (Å²) < 4.78 is 0. The highest BCUT2D eigenvalue weighted by molar-refractivity contribution is 7.09. The number of carboxylic acid groups (broad SMARTS) is 1. The van der Waals surface area contributed by atoms with E-state index in [1.807, 2.05) is 11.7 Å². The molecule has 2 unspecified atom stereocenters. The average Bonchev–Trinajstić information content (AvgIpc) is 2.69. The van der Waals surface area contributed by atoms with Gasteiger partial charge in [0.25, 0.3) is 0 Å². The van der Waals surface area contributed by atoms with E-state index >= 15 is 0 Å². The Morgan fingerprint density at radius 2 is 2.60 bits per heavy atom. The van der Waals surface area contributed by atoms with Crippen LogP contribution in [0.5, 0.6) is 0 Å². The zero-order valence-corrected chi connectivity index (χ0v) is 9.17. The monoisotopic (exact) mass is 226 g/mol. The number of carboxylic acids is 1. The van der Waals surface area contributed by atoms with Crippen LogP contribution >= 0.6 is 11.3 Å². The summed E-state index contributed by atoms with van der Waals surface area (Å²) in [5.74, 6) is -0.388. The molecule has 1 aromatic heterocycles. The molecule has 0 aliphatic carbocycles. The van der Waals surface area contributed by atoms with Gasteiger partial charge in [0, 0.05) is 23.5 Å². The van der Waals surface area contributed by atoms with Gasteiger partial charge in [-0.25, -0.2) is 0 Å². The van der Waals surface area contributed by atoms with E-state index in [-0.39, 0.29) is 6.42 Å². The zero-order valence-electron chi connectivity index (χ0n) is 8.35. The predicted octanol–water partition coefficient (Wildman–Crippen LogP) is 1.66. The molecule has 0 amide bonds. The van der Waals surface area contributed by atoms with Crippen molar-refractivity contribution in [2.75, 3.05) is 6.54 Å². The number of aliphatic carboxylic acids is 1. The van der Waals surface area contributed by atoms with Crippen LogP contribution < -0.4 is 5.32 Å². The molecule has 1 aliphatic rings. The maximum atomic E-state index is 10.6. The Hall–Kier alpha value is -0.940. The van der Waals surface area contributed by atoms with Crippen LogP contribution in [-0.4, -0.2) is 22.6 Å². The molecule has 2 rings (SSSR count). The predicted molar refractivity (Wildman–Crippen MR) is 57.8 cm³/mol. The molecule has 0 spiro atoms. The Balaban J connectivity index is 1.95. The topological polar surface area (TPSA) is 62.2 Å². The van der Waals surface area contributed by atoms with Gasteiger partial charge in [0.1, 0.15) is 0 Å².